The maximum absolute atomic E-state index is 11.8. The number of hydrogen-bond acceptors (Lipinski definition) is 4. The van der Waals surface area contributed by atoms with Crippen molar-refractivity contribution in [2.45, 2.75) is 13.8 Å². The average molecular weight is 260 g/mol. The first-order chi connectivity index (χ1) is 8.72. The lowest BCUT2D eigenvalue weighted by Gasteiger charge is -2.00. The van der Waals surface area contributed by atoms with Crippen molar-refractivity contribution in [3.8, 4) is 0 Å². The Morgan fingerprint density at radius 3 is 3.00 bits per heavy atom. The molecule has 4 nitrogen and oxygen atoms in total. The molecule has 0 aliphatic heterocycles. The standard InChI is InChI=1S/C13H12N2O2S/c1-3-17-12(16)11-8(2)15-10-7-5-4-6-9(10)14-13(15)18-11/h4-7H,3H2,1-2H3. The van der Waals surface area contributed by atoms with Gasteiger partial charge in [0.15, 0.2) is 4.96 Å². The van der Waals surface area contributed by atoms with Crippen molar-refractivity contribution < 1.29 is 9.53 Å². The third-order valence-corrected chi connectivity index (χ3v) is 3.97. The summed E-state index contributed by atoms with van der Waals surface area (Å²) in [5.74, 6) is -0.269. The number of ether oxygens (including phenoxy) is 1. The largest absolute Gasteiger partial charge is 0.462 e. The van der Waals surface area contributed by atoms with Crippen molar-refractivity contribution in [2.75, 3.05) is 6.61 Å². The number of nitrogens with zero attached hydrogens (tertiary/aromatic N) is 2. The number of carbonyl (C=O) groups excluding carboxylic acids is 1. The van der Waals surface area contributed by atoms with E-state index in [9.17, 15) is 4.79 Å². The molecule has 3 rings (SSSR count). The van der Waals surface area contributed by atoms with Crippen molar-refractivity contribution in [1.82, 2.24) is 9.38 Å². The van der Waals surface area contributed by atoms with Crippen LogP contribution in [0.2, 0.25) is 0 Å². The average Bonchev–Trinajstić information content (AvgIpc) is 2.87. The van der Waals surface area contributed by atoms with Crippen molar-refractivity contribution in [2.24, 2.45) is 0 Å². The van der Waals surface area contributed by atoms with Gasteiger partial charge in [0.25, 0.3) is 0 Å². The van der Waals surface area contributed by atoms with Crippen LogP contribution in [0.15, 0.2) is 24.3 Å². The summed E-state index contributed by atoms with van der Waals surface area (Å²) in [5.41, 5.74) is 2.86. The van der Waals surface area contributed by atoms with Gasteiger partial charge in [-0.05, 0) is 26.0 Å². The molecule has 0 N–H and O–H groups in total. The fraction of sp³-hybridized carbons (Fsp3) is 0.231. The Morgan fingerprint density at radius 1 is 1.44 bits per heavy atom. The number of thiazole rings is 1. The van der Waals surface area contributed by atoms with E-state index < -0.39 is 0 Å². The molecule has 0 unspecified atom stereocenters. The van der Waals surface area contributed by atoms with Crippen LogP contribution in [0.5, 0.6) is 0 Å². The molecule has 2 aromatic heterocycles. The lowest BCUT2D eigenvalue weighted by Crippen LogP contribution is -2.04. The van der Waals surface area contributed by atoms with Crippen molar-refractivity contribution >= 4 is 33.3 Å². The van der Waals surface area contributed by atoms with Gasteiger partial charge in [-0.25, -0.2) is 9.78 Å². The monoisotopic (exact) mass is 260 g/mol. The Kier molecular flexibility index (Phi) is 2.56. The molecule has 0 saturated carbocycles. The van der Waals surface area contributed by atoms with Gasteiger partial charge in [0.1, 0.15) is 4.88 Å². The Bertz CT molecular complexity index is 742. The zero-order chi connectivity index (χ0) is 12.7. The number of aryl methyl sites for hydroxylation is 1. The van der Waals surface area contributed by atoms with E-state index in [1.165, 1.54) is 11.3 Å². The number of imidazole rings is 1. The normalized spacial score (nSPS) is 11.2. The summed E-state index contributed by atoms with van der Waals surface area (Å²) in [6.45, 7) is 4.12. The number of fused-ring (bicyclic) bond motifs is 3. The number of carbonyl (C=O) groups is 1. The fourth-order valence-electron chi connectivity index (χ4n) is 2.05. The van der Waals surface area contributed by atoms with Crippen LogP contribution in [-0.4, -0.2) is 22.0 Å². The first kappa shape index (κ1) is 11.2. The van der Waals surface area contributed by atoms with Gasteiger partial charge in [0, 0.05) is 5.69 Å². The van der Waals surface area contributed by atoms with Gasteiger partial charge in [0.2, 0.25) is 0 Å². The van der Waals surface area contributed by atoms with Crippen LogP contribution in [0.1, 0.15) is 22.3 Å². The molecular formula is C13H12N2O2S. The summed E-state index contributed by atoms with van der Waals surface area (Å²) >= 11 is 1.37. The molecule has 0 aliphatic rings. The minimum atomic E-state index is -0.269. The van der Waals surface area contributed by atoms with Crippen LogP contribution in [0.4, 0.5) is 0 Å². The SMILES string of the molecule is CCOC(=O)c1sc2nc3ccccc3n2c1C. The second kappa shape index (κ2) is 4.10. The first-order valence-corrected chi connectivity index (χ1v) is 6.57. The summed E-state index contributed by atoms with van der Waals surface area (Å²) < 4.78 is 7.06. The van der Waals surface area contributed by atoms with E-state index in [-0.39, 0.29) is 5.97 Å². The van der Waals surface area contributed by atoms with Crippen LogP contribution >= 0.6 is 11.3 Å². The molecule has 5 heteroatoms. The van der Waals surface area contributed by atoms with Gasteiger partial charge in [-0.1, -0.05) is 23.5 Å². The molecule has 0 bridgehead atoms. The first-order valence-electron chi connectivity index (χ1n) is 5.76. The van der Waals surface area contributed by atoms with Gasteiger partial charge in [-0.3, -0.25) is 4.40 Å². The zero-order valence-electron chi connectivity index (χ0n) is 10.1. The Labute approximate surface area is 108 Å². The highest BCUT2D eigenvalue weighted by molar-refractivity contribution is 7.19. The maximum Gasteiger partial charge on any atom is 0.350 e. The van der Waals surface area contributed by atoms with Crippen LogP contribution in [0, 0.1) is 6.92 Å². The highest BCUT2D eigenvalue weighted by atomic mass is 32.1. The van der Waals surface area contributed by atoms with Crippen molar-refractivity contribution in [3.05, 3.63) is 34.8 Å². The molecule has 0 spiro atoms. The van der Waals surface area contributed by atoms with E-state index in [4.69, 9.17) is 4.74 Å². The van der Waals surface area contributed by atoms with E-state index in [1.807, 2.05) is 35.6 Å². The predicted octanol–water partition coefficient (Wildman–Crippen LogP) is 3.03. The highest BCUT2D eigenvalue weighted by Crippen LogP contribution is 2.27. The van der Waals surface area contributed by atoms with Crippen LogP contribution in [-0.2, 0) is 4.74 Å². The topological polar surface area (TPSA) is 43.6 Å². The molecule has 1 aromatic carbocycles. The predicted molar refractivity (Wildman–Crippen MR) is 71.3 cm³/mol. The molecule has 2 heterocycles. The number of rotatable bonds is 2. The highest BCUT2D eigenvalue weighted by Gasteiger charge is 2.19. The maximum atomic E-state index is 11.8. The van der Waals surface area contributed by atoms with E-state index in [1.54, 1.807) is 6.92 Å². The number of hydrogen-bond donors (Lipinski definition) is 0. The molecule has 18 heavy (non-hydrogen) atoms. The minimum absolute atomic E-state index is 0.269. The van der Waals surface area contributed by atoms with Gasteiger partial charge < -0.3 is 4.74 Å². The summed E-state index contributed by atoms with van der Waals surface area (Å²) in [4.78, 5) is 17.8. The summed E-state index contributed by atoms with van der Waals surface area (Å²) in [6.07, 6.45) is 0. The van der Waals surface area contributed by atoms with E-state index in [0.29, 0.717) is 11.5 Å². The quantitative estimate of drug-likeness (QED) is 0.665. The molecule has 0 fully saturated rings. The number of para-hydroxylation sites is 2. The Balaban J connectivity index is 2.26. The lowest BCUT2D eigenvalue weighted by atomic mass is 10.3. The number of aromatic nitrogens is 2. The smallest absolute Gasteiger partial charge is 0.350 e. The van der Waals surface area contributed by atoms with Crippen LogP contribution < -0.4 is 0 Å². The molecule has 3 aromatic rings. The summed E-state index contributed by atoms with van der Waals surface area (Å²) in [6, 6.07) is 7.90. The van der Waals surface area contributed by atoms with Crippen LogP contribution in [0.25, 0.3) is 16.0 Å². The zero-order valence-corrected chi connectivity index (χ0v) is 11.0. The number of esters is 1. The van der Waals surface area contributed by atoms with Gasteiger partial charge in [-0.2, -0.15) is 0 Å². The summed E-state index contributed by atoms with van der Waals surface area (Å²) in [7, 11) is 0. The van der Waals surface area contributed by atoms with Gasteiger partial charge in [0.05, 0.1) is 17.6 Å². The molecular weight excluding hydrogens is 248 g/mol. The van der Waals surface area contributed by atoms with E-state index in [0.717, 1.165) is 21.7 Å². The van der Waals surface area contributed by atoms with Crippen molar-refractivity contribution in [1.29, 1.82) is 0 Å². The number of benzene rings is 1. The van der Waals surface area contributed by atoms with Gasteiger partial charge in [-0.15, -0.1) is 0 Å². The second-order valence-electron chi connectivity index (χ2n) is 3.96. The summed E-state index contributed by atoms with van der Waals surface area (Å²) in [5, 5.41) is 0. The lowest BCUT2D eigenvalue weighted by molar-refractivity contribution is 0.0531. The minimum Gasteiger partial charge on any atom is -0.462 e. The molecule has 0 radical (unpaired) electrons. The van der Waals surface area contributed by atoms with E-state index in [2.05, 4.69) is 4.98 Å². The molecule has 0 atom stereocenters. The Hall–Kier alpha value is -1.88. The second-order valence-corrected chi connectivity index (χ2v) is 4.93. The van der Waals surface area contributed by atoms with Crippen molar-refractivity contribution in [3.63, 3.8) is 0 Å². The third kappa shape index (κ3) is 1.51. The molecule has 92 valence electrons. The van der Waals surface area contributed by atoms with Gasteiger partial charge >= 0.3 is 5.97 Å². The molecule has 0 saturated heterocycles. The van der Waals surface area contributed by atoms with E-state index >= 15 is 0 Å². The molecule has 0 amide bonds. The molecule has 0 aliphatic carbocycles. The van der Waals surface area contributed by atoms with Crippen LogP contribution in [0.3, 0.4) is 0 Å². The Morgan fingerprint density at radius 2 is 2.22 bits per heavy atom. The fourth-order valence-corrected chi connectivity index (χ4v) is 3.08. The third-order valence-electron chi connectivity index (χ3n) is 2.85.